The molecule has 0 N–H and O–H groups in total. The first-order valence-electron chi connectivity index (χ1n) is 6.37. The molecule has 100 valence electrons. The predicted octanol–water partition coefficient (Wildman–Crippen LogP) is 3.75. The van der Waals surface area contributed by atoms with Crippen molar-refractivity contribution in [3.05, 3.63) is 60.2 Å². The van der Waals surface area contributed by atoms with Gasteiger partial charge in [0.25, 0.3) is 0 Å². The lowest BCUT2D eigenvalue weighted by Gasteiger charge is -2.08. The zero-order chi connectivity index (χ0) is 13.9. The Labute approximate surface area is 116 Å². The Morgan fingerprint density at radius 3 is 2.40 bits per heavy atom. The van der Waals surface area contributed by atoms with E-state index in [0.717, 1.165) is 21.5 Å². The van der Waals surface area contributed by atoms with Crippen molar-refractivity contribution in [2.45, 2.75) is 0 Å². The second-order valence-corrected chi connectivity index (χ2v) is 4.56. The first kappa shape index (κ1) is 12.6. The molecule has 3 nitrogen and oxygen atoms in total. The van der Waals surface area contributed by atoms with Gasteiger partial charge in [-0.1, -0.05) is 36.4 Å². The van der Waals surface area contributed by atoms with E-state index < -0.39 is 0 Å². The summed E-state index contributed by atoms with van der Waals surface area (Å²) >= 11 is 0. The van der Waals surface area contributed by atoms with Crippen LogP contribution in [0.5, 0.6) is 0 Å². The van der Waals surface area contributed by atoms with E-state index >= 15 is 0 Å². The number of ether oxygens (including phenoxy) is 2. The summed E-state index contributed by atoms with van der Waals surface area (Å²) in [5, 5.41) is 4.18. The lowest BCUT2D eigenvalue weighted by atomic mass is 10.00. The monoisotopic (exact) mass is 266 g/mol. The molecule has 3 heteroatoms. The van der Waals surface area contributed by atoms with Gasteiger partial charge in [-0.3, -0.25) is 0 Å². The molecule has 0 fully saturated rings. The molecule has 0 radical (unpaired) electrons. The van der Waals surface area contributed by atoms with Crippen LogP contribution in [0.1, 0.15) is 10.4 Å². The van der Waals surface area contributed by atoms with Crippen molar-refractivity contribution < 1.29 is 14.3 Å². The van der Waals surface area contributed by atoms with Gasteiger partial charge in [0.15, 0.2) is 6.79 Å². The van der Waals surface area contributed by atoms with Crippen LogP contribution in [-0.4, -0.2) is 19.9 Å². The number of fused-ring (bicyclic) bond motifs is 2. The topological polar surface area (TPSA) is 35.5 Å². The highest BCUT2D eigenvalue weighted by Gasteiger charge is 2.11. The van der Waals surface area contributed by atoms with Crippen LogP contribution in [0.3, 0.4) is 0 Å². The van der Waals surface area contributed by atoms with Crippen LogP contribution in [0.25, 0.3) is 21.5 Å². The van der Waals surface area contributed by atoms with Crippen molar-refractivity contribution in [3.8, 4) is 0 Å². The summed E-state index contributed by atoms with van der Waals surface area (Å²) in [4.78, 5) is 12.1. The van der Waals surface area contributed by atoms with Gasteiger partial charge < -0.3 is 9.47 Å². The molecule has 20 heavy (non-hydrogen) atoms. The number of hydrogen-bond donors (Lipinski definition) is 0. The second kappa shape index (κ2) is 5.31. The van der Waals surface area contributed by atoms with Crippen molar-refractivity contribution in [3.63, 3.8) is 0 Å². The van der Waals surface area contributed by atoms with Crippen LogP contribution in [0.15, 0.2) is 54.6 Å². The number of esters is 1. The van der Waals surface area contributed by atoms with Crippen LogP contribution in [0.2, 0.25) is 0 Å². The minimum absolute atomic E-state index is 0.0389. The maximum absolute atomic E-state index is 12.1. The van der Waals surface area contributed by atoms with Gasteiger partial charge in [-0.15, -0.1) is 0 Å². The fraction of sp³-hybridized carbons (Fsp3) is 0.118. The molecule has 0 amide bonds. The third-order valence-electron chi connectivity index (χ3n) is 3.27. The molecule has 3 rings (SSSR count). The molecule has 0 bridgehead atoms. The molecule has 0 unspecified atom stereocenters. The first-order valence-corrected chi connectivity index (χ1v) is 6.37. The fourth-order valence-electron chi connectivity index (χ4n) is 2.34. The highest BCUT2D eigenvalue weighted by atomic mass is 16.7. The highest BCUT2D eigenvalue weighted by molar-refractivity contribution is 6.08. The fourth-order valence-corrected chi connectivity index (χ4v) is 2.34. The number of hydrogen-bond acceptors (Lipinski definition) is 3. The number of methoxy groups -OCH3 is 1. The van der Waals surface area contributed by atoms with Crippen LogP contribution >= 0.6 is 0 Å². The molecule has 0 aliphatic carbocycles. The second-order valence-electron chi connectivity index (χ2n) is 4.56. The standard InChI is InChI=1S/C17H14O3/c1-19-11-20-17(18)15-8-4-7-14-9-12-5-2-3-6-13(12)10-16(14)15/h2-10H,11H2,1H3. The van der Waals surface area contributed by atoms with Gasteiger partial charge in [-0.25, -0.2) is 4.79 Å². The summed E-state index contributed by atoms with van der Waals surface area (Å²) < 4.78 is 9.81. The molecule has 0 saturated carbocycles. The Bertz CT molecular complexity index is 777. The predicted molar refractivity (Wildman–Crippen MR) is 78.7 cm³/mol. The van der Waals surface area contributed by atoms with E-state index in [1.165, 1.54) is 7.11 Å². The third-order valence-corrected chi connectivity index (χ3v) is 3.27. The largest absolute Gasteiger partial charge is 0.435 e. The molecular formula is C17H14O3. The van der Waals surface area contributed by atoms with Crippen molar-refractivity contribution in [1.29, 1.82) is 0 Å². The van der Waals surface area contributed by atoms with E-state index in [0.29, 0.717) is 5.56 Å². The van der Waals surface area contributed by atoms with Gasteiger partial charge in [0.05, 0.1) is 5.56 Å². The molecule has 3 aromatic carbocycles. The molecule has 0 spiro atoms. The summed E-state index contributed by atoms with van der Waals surface area (Å²) in [6.07, 6.45) is 0. The Kier molecular flexibility index (Phi) is 3.35. The lowest BCUT2D eigenvalue weighted by molar-refractivity contribution is -0.0123. The maximum atomic E-state index is 12.1. The molecule has 0 saturated heterocycles. The van der Waals surface area contributed by atoms with E-state index in [-0.39, 0.29) is 12.8 Å². The molecule has 0 atom stereocenters. The van der Waals surface area contributed by atoms with E-state index in [1.54, 1.807) is 6.07 Å². The summed E-state index contributed by atoms with van der Waals surface area (Å²) in [6.45, 7) is -0.0389. The normalized spacial score (nSPS) is 10.8. The van der Waals surface area contributed by atoms with E-state index in [1.807, 2.05) is 36.4 Å². The minimum Gasteiger partial charge on any atom is -0.435 e. The Balaban J connectivity index is 2.17. The van der Waals surface area contributed by atoms with Crippen molar-refractivity contribution in [1.82, 2.24) is 0 Å². The molecule has 0 aliphatic rings. The van der Waals surface area contributed by atoms with E-state index in [4.69, 9.17) is 9.47 Å². The first-order chi connectivity index (χ1) is 9.79. The molecule has 3 aromatic rings. The minimum atomic E-state index is -0.368. The summed E-state index contributed by atoms with van der Waals surface area (Å²) in [5.74, 6) is -0.368. The van der Waals surface area contributed by atoms with Crippen molar-refractivity contribution in [2.75, 3.05) is 13.9 Å². The van der Waals surface area contributed by atoms with Gasteiger partial charge in [0.2, 0.25) is 0 Å². The van der Waals surface area contributed by atoms with Crippen LogP contribution < -0.4 is 0 Å². The highest BCUT2D eigenvalue weighted by Crippen LogP contribution is 2.25. The summed E-state index contributed by atoms with van der Waals surface area (Å²) in [7, 11) is 1.49. The Hall–Kier alpha value is -2.39. The zero-order valence-corrected chi connectivity index (χ0v) is 11.1. The average molecular weight is 266 g/mol. The van der Waals surface area contributed by atoms with Gasteiger partial charge in [0.1, 0.15) is 0 Å². The number of carbonyl (C=O) groups excluding carboxylic acids is 1. The van der Waals surface area contributed by atoms with E-state index in [9.17, 15) is 4.79 Å². The SMILES string of the molecule is COCOC(=O)c1cccc2cc3ccccc3cc12. The number of rotatable bonds is 3. The van der Waals surface area contributed by atoms with Gasteiger partial charge >= 0.3 is 5.97 Å². The lowest BCUT2D eigenvalue weighted by Crippen LogP contribution is -2.07. The van der Waals surface area contributed by atoms with Crippen LogP contribution in [0.4, 0.5) is 0 Å². The Morgan fingerprint density at radius 2 is 1.65 bits per heavy atom. The van der Waals surface area contributed by atoms with E-state index in [2.05, 4.69) is 12.1 Å². The maximum Gasteiger partial charge on any atom is 0.340 e. The number of carbonyl (C=O) groups is 1. The van der Waals surface area contributed by atoms with Crippen molar-refractivity contribution >= 4 is 27.5 Å². The third kappa shape index (κ3) is 2.24. The summed E-state index contributed by atoms with van der Waals surface area (Å²) in [5.41, 5.74) is 0.560. The average Bonchev–Trinajstić information content (AvgIpc) is 2.50. The molecule has 0 aliphatic heterocycles. The summed E-state index contributed by atoms with van der Waals surface area (Å²) in [6, 6.07) is 17.8. The molecular weight excluding hydrogens is 252 g/mol. The molecule has 0 aromatic heterocycles. The van der Waals surface area contributed by atoms with Gasteiger partial charge in [-0.2, -0.15) is 0 Å². The zero-order valence-electron chi connectivity index (χ0n) is 11.1. The molecule has 0 heterocycles. The van der Waals surface area contributed by atoms with Gasteiger partial charge in [0, 0.05) is 7.11 Å². The van der Waals surface area contributed by atoms with Crippen LogP contribution in [-0.2, 0) is 9.47 Å². The smallest absolute Gasteiger partial charge is 0.340 e. The Morgan fingerprint density at radius 1 is 0.950 bits per heavy atom. The quantitative estimate of drug-likeness (QED) is 0.411. The van der Waals surface area contributed by atoms with Crippen LogP contribution in [0, 0.1) is 0 Å². The van der Waals surface area contributed by atoms with Gasteiger partial charge in [-0.05, 0) is 39.7 Å². The number of benzene rings is 3. The van der Waals surface area contributed by atoms with Crippen molar-refractivity contribution in [2.24, 2.45) is 0 Å².